The normalized spacial score (nSPS) is 14.5. The standard InChI is InChI=1S/C33H38BrFN2O3/c1-33(2,3)25-17-18-30(27(34)20-25)40-22-31(38)37(21-24-13-7-10-16-28(24)35)29(19-23-11-5-4-6-12-23)32(39)36-26-14-8-9-15-26/h4-7,10-13,16-18,20,26,29H,8-9,14-15,19,21-22H2,1-3H3,(H,36,39)/t29-/m0/s1. The van der Waals surface area contributed by atoms with Gasteiger partial charge in [-0.1, -0.05) is 88.2 Å². The quantitative estimate of drug-likeness (QED) is 0.270. The molecule has 0 radical (unpaired) electrons. The van der Waals surface area contributed by atoms with E-state index in [2.05, 4.69) is 42.0 Å². The van der Waals surface area contributed by atoms with Crippen molar-refractivity contribution in [1.29, 1.82) is 0 Å². The number of benzene rings is 3. The minimum atomic E-state index is -0.828. The van der Waals surface area contributed by atoms with Crippen LogP contribution in [0.1, 0.15) is 63.1 Å². The van der Waals surface area contributed by atoms with Gasteiger partial charge in [-0.25, -0.2) is 4.39 Å². The number of hydrogen-bond acceptors (Lipinski definition) is 3. The van der Waals surface area contributed by atoms with Gasteiger partial charge in [0, 0.05) is 24.6 Å². The summed E-state index contributed by atoms with van der Waals surface area (Å²) in [4.78, 5) is 29.0. The number of rotatable bonds is 10. The molecule has 1 aliphatic carbocycles. The van der Waals surface area contributed by atoms with Gasteiger partial charge in [-0.3, -0.25) is 9.59 Å². The van der Waals surface area contributed by atoms with E-state index in [0.717, 1.165) is 41.3 Å². The van der Waals surface area contributed by atoms with Crippen molar-refractivity contribution in [2.24, 2.45) is 0 Å². The first-order valence-corrected chi connectivity index (χ1v) is 14.7. The molecule has 4 rings (SSSR count). The minimum absolute atomic E-state index is 0.0369. The molecule has 7 heteroatoms. The monoisotopic (exact) mass is 608 g/mol. The van der Waals surface area contributed by atoms with Crippen molar-refractivity contribution in [1.82, 2.24) is 10.2 Å². The van der Waals surface area contributed by atoms with Crippen LogP contribution in [0.4, 0.5) is 4.39 Å². The molecule has 212 valence electrons. The molecular weight excluding hydrogens is 571 g/mol. The van der Waals surface area contributed by atoms with Gasteiger partial charge in [0.1, 0.15) is 17.6 Å². The topological polar surface area (TPSA) is 58.6 Å². The van der Waals surface area contributed by atoms with E-state index in [1.165, 1.54) is 11.0 Å². The molecular formula is C33H38BrFN2O3. The number of amides is 2. The minimum Gasteiger partial charge on any atom is -0.483 e. The van der Waals surface area contributed by atoms with Gasteiger partial charge in [0.25, 0.3) is 5.91 Å². The first-order chi connectivity index (χ1) is 19.1. The Balaban J connectivity index is 1.62. The van der Waals surface area contributed by atoms with Crippen molar-refractivity contribution in [3.05, 3.63) is 99.8 Å². The molecule has 0 unspecified atom stereocenters. The summed E-state index contributed by atoms with van der Waals surface area (Å²) >= 11 is 3.57. The Morgan fingerprint density at radius 1 is 1.02 bits per heavy atom. The zero-order valence-electron chi connectivity index (χ0n) is 23.5. The van der Waals surface area contributed by atoms with Crippen molar-refractivity contribution in [3.63, 3.8) is 0 Å². The molecule has 0 bridgehead atoms. The van der Waals surface area contributed by atoms with E-state index in [-0.39, 0.29) is 30.5 Å². The zero-order chi connectivity index (χ0) is 28.7. The number of nitrogens with one attached hydrogen (secondary N) is 1. The molecule has 40 heavy (non-hydrogen) atoms. The number of carbonyl (C=O) groups excluding carboxylic acids is 2. The highest BCUT2D eigenvalue weighted by molar-refractivity contribution is 9.10. The second-order valence-corrected chi connectivity index (χ2v) is 12.3. The summed E-state index contributed by atoms with van der Waals surface area (Å²) in [5.41, 5.74) is 2.36. The summed E-state index contributed by atoms with van der Waals surface area (Å²) in [5.74, 6) is -0.507. The second kappa shape index (κ2) is 13.4. The summed E-state index contributed by atoms with van der Waals surface area (Å²) < 4.78 is 21.5. The lowest BCUT2D eigenvalue weighted by atomic mass is 9.87. The summed E-state index contributed by atoms with van der Waals surface area (Å²) in [7, 11) is 0. The number of carbonyl (C=O) groups is 2. The second-order valence-electron chi connectivity index (χ2n) is 11.5. The molecule has 1 saturated carbocycles. The van der Waals surface area contributed by atoms with Crippen LogP contribution in [-0.4, -0.2) is 35.4 Å². The Hall–Kier alpha value is -3.19. The van der Waals surface area contributed by atoms with Gasteiger partial charge >= 0.3 is 0 Å². The van der Waals surface area contributed by atoms with Gasteiger partial charge in [0.2, 0.25) is 5.91 Å². The average molecular weight is 610 g/mol. The predicted octanol–water partition coefficient (Wildman–Crippen LogP) is 6.96. The Kier molecular flexibility index (Phi) is 10.0. The van der Waals surface area contributed by atoms with Gasteiger partial charge in [-0.15, -0.1) is 0 Å². The van der Waals surface area contributed by atoms with Gasteiger partial charge < -0.3 is 15.0 Å². The highest BCUT2D eigenvalue weighted by Crippen LogP contribution is 2.31. The third kappa shape index (κ3) is 7.94. The van der Waals surface area contributed by atoms with E-state index in [4.69, 9.17) is 4.74 Å². The fourth-order valence-corrected chi connectivity index (χ4v) is 5.53. The summed E-state index contributed by atoms with van der Waals surface area (Å²) in [6.07, 6.45) is 4.30. The molecule has 1 fully saturated rings. The number of halogens is 2. The first-order valence-electron chi connectivity index (χ1n) is 13.9. The lowest BCUT2D eigenvalue weighted by Crippen LogP contribution is -2.53. The summed E-state index contributed by atoms with van der Waals surface area (Å²) in [6.45, 7) is 6.05. The predicted molar refractivity (Wildman–Crippen MR) is 160 cm³/mol. The Labute approximate surface area is 245 Å². The Morgan fingerprint density at radius 3 is 2.35 bits per heavy atom. The third-order valence-corrected chi connectivity index (χ3v) is 8.04. The van der Waals surface area contributed by atoms with Crippen LogP contribution in [0, 0.1) is 5.82 Å². The van der Waals surface area contributed by atoms with E-state index in [0.29, 0.717) is 17.7 Å². The van der Waals surface area contributed by atoms with Crippen LogP contribution < -0.4 is 10.1 Å². The van der Waals surface area contributed by atoms with Crippen LogP contribution in [0.3, 0.4) is 0 Å². The fourth-order valence-electron chi connectivity index (χ4n) is 5.04. The number of hydrogen-bond donors (Lipinski definition) is 1. The molecule has 3 aromatic rings. The number of nitrogens with zero attached hydrogens (tertiary/aromatic N) is 1. The van der Waals surface area contributed by atoms with Crippen LogP contribution in [0.25, 0.3) is 0 Å². The SMILES string of the molecule is CC(C)(C)c1ccc(OCC(=O)N(Cc2ccccc2F)[C@@H](Cc2ccccc2)C(=O)NC2CCCC2)c(Br)c1. The van der Waals surface area contributed by atoms with E-state index in [1.54, 1.807) is 18.2 Å². The van der Waals surface area contributed by atoms with Crippen molar-refractivity contribution < 1.29 is 18.7 Å². The molecule has 2 amide bonds. The van der Waals surface area contributed by atoms with E-state index >= 15 is 0 Å². The van der Waals surface area contributed by atoms with Gasteiger partial charge in [-0.2, -0.15) is 0 Å². The number of ether oxygens (including phenoxy) is 1. The van der Waals surface area contributed by atoms with E-state index in [9.17, 15) is 14.0 Å². The third-order valence-electron chi connectivity index (χ3n) is 7.42. The maximum Gasteiger partial charge on any atom is 0.261 e. The maximum absolute atomic E-state index is 14.8. The fraction of sp³-hybridized carbons (Fsp3) is 0.394. The molecule has 0 saturated heterocycles. The van der Waals surface area contributed by atoms with Crippen LogP contribution in [-0.2, 0) is 28.0 Å². The molecule has 1 N–H and O–H groups in total. The first kappa shape index (κ1) is 29.8. The van der Waals surface area contributed by atoms with E-state index in [1.807, 2.05) is 48.5 Å². The molecule has 0 spiro atoms. The Morgan fingerprint density at radius 2 is 1.70 bits per heavy atom. The maximum atomic E-state index is 14.8. The average Bonchev–Trinajstić information content (AvgIpc) is 3.43. The Bertz CT molecular complexity index is 1300. The molecule has 0 aromatic heterocycles. The van der Waals surface area contributed by atoms with Crippen LogP contribution in [0.15, 0.2) is 77.3 Å². The van der Waals surface area contributed by atoms with Crippen LogP contribution in [0.5, 0.6) is 5.75 Å². The summed E-state index contributed by atoms with van der Waals surface area (Å²) in [5, 5.41) is 3.16. The molecule has 0 heterocycles. The van der Waals surface area contributed by atoms with Crippen molar-refractivity contribution in [2.45, 2.75) is 76.9 Å². The molecule has 5 nitrogen and oxygen atoms in total. The van der Waals surface area contributed by atoms with Crippen molar-refractivity contribution >= 4 is 27.7 Å². The zero-order valence-corrected chi connectivity index (χ0v) is 25.0. The van der Waals surface area contributed by atoms with Gasteiger partial charge in [0.05, 0.1) is 4.47 Å². The van der Waals surface area contributed by atoms with Gasteiger partial charge in [-0.05, 0) is 63.5 Å². The largest absolute Gasteiger partial charge is 0.483 e. The van der Waals surface area contributed by atoms with Gasteiger partial charge in [0.15, 0.2) is 6.61 Å². The summed E-state index contributed by atoms with van der Waals surface area (Å²) in [6, 6.07) is 21.0. The van der Waals surface area contributed by atoms with Crippen molar-refractivity contribution in [3.8, 4) is 5.75 Å². The van der Waals surface area contributed by atoms with Crippen molar-refractivity contribution in [2.75, 3.05) is 6.61 Å². The lowest BCUT2D eigenvalue weighted by molar-refractivity contribution is -0.143. The lowest BCUT2D eigenvalue weighted by Gasteiger charge is -2.32. The van der Waals surface area contributed by atoms with Crippen LogP contribution >= 0.6 is 15.9 Å². The molecule has 0 aliphatic heterocycles. The van der Waals surface area contributed by atoms with E-state index < -0.39 is 17.8 Å². The molecule has 1 aliphatic rings. The van der Waals surface area contributed by atoms with Crippen LogP contribution in [0.2, 0.25) is 0 Å². The highest BCUT2D eigenvalue weighted by Gasteiger charge is 2.33. The molecule has 3 aromatic carbocycles. The highest BCUT2D eigenvalue weighted by atomic mass is 79.9. The molecule has 1 atom stereocenters. The smallest absolute Gasteiger partial charge is 0.261 e.